The molecule has 6 nitrogen and oxygen atoms in total. The summed E-state index contributed by atoms with van der Waals surface area (Å²) in [5.41, 5.74) is -1.64. The summed E-state index contributed by atoms with van der Waals surface area (Å²) in [6.07, 6.45) is -4.25. The molecule has 1 aromatic rings. The lowest BCUT2D eigenvalue weighted by molar-refractivity contribution is -0.141. The first-order valence-corrected chi connectivity index (χ1v) is 7.58. The van der Waals surface area contributed by atoms with E-state index in [2.05, 4.69) is 5.10 Å². The number of likely N-dealkylation sites (tertiary alicyclic amines) is 1. The fourth-order valence-corrected chi connectivity index (χ4v) is 2.79. The van der Waals surface area contributed by atoms with Crippen LogP contribution in [0.3, 0.4) is 0 Å². The maximum absolute atomic E-state index is 12.6. The molecule has 0 saturated carbocycles. The molecule has 1 N–H and O–H groups in total. The molecule has 1 unspecified atom stereocenters. The topological polar surface area (TPSA) is 69.3 Å². The van der Waals surface area contributed by atoms with E-state index in [1.807, 2.05) is 25.9 Å². The van der Waals surface area contributed by atoms with Gasteiger partial charge in [0.2, 0.25) is 5.91 Å². The molecular formula is C15H21F3N4O2. The Kier molecular flexibility index (Phi) is 4.65. The molecule has 1 aliphatic heterocycles. The molecule has 1 aliphatic rings. The van der Waals surface area contributed by atoms with Gasteiger partial charge in [-0.2, -0.15) is 18.3 Å². The number of alkyl halides is 3. The molecule has 0 aromatic carbocycles. The van der Waals surface area contributed by atoms with Gasteiger partial charge in [-0.1, -0.05) is 0 Å². The second-order valence-electron chi connectivity index (χ2n) is 7.10. The molecule has 0 aliphatic carbocycles. The molecule has 24 heavy (non-hydrogen) atoms. The third-order valence-electron chi connectivity index (χ3n) is 4.00. The smallest absolute Gasteiger partial charge is 0.340 e. The molecule has 2 heterocycles. The van der Waals surface area contributed by atoms with Crippen LogP contribution in [-0.2, 0) is 11.0 Å². The average Bonchev–Trinajstić information content (AvgIpc) is 3.03. The minimum Gasteiger partial charge on any atom is -0.340 e. The molecule has 0 spiro atoms. The summed E-state index contributed by atoms with van der Waals surface area (Å²) in [7, 11) is 1.49. The van der Waals surface area contributed by atoms with Gasteiger partial charge in [0, 0.05) is 44.1 Å². The van der Waals surface area contributed by atoms with Crippen LogP contribution in [0.15, 0.2) is 6.07 Å². The Bertz CT molecular complexity index is 633. The second kappa shape index (κ2) is 6.10. The molecule has 1 saturated heterocycles. The van der Waals surface area contributed by atoms with Crippen LogP contribution in [0.5, 0.6) is 0 Å². The van der Waals surface area contributed by atoms with Crippen LogP contribution in [0.4, 0.5) is 13.2 Å². The van der Waals surface area contributed by atoms with E-state index >= 15 is 0 Å². The Hall–Kier alpha value is -2.06. The monoisotopic (exact) mass is 346 g/mol. The van der Waals surface area contributed by atoms with Crippen molar-refractivity contribution in [2.24, 2.45) is 5.92 Å². The number of H-pyrrole nitrogens is 1. The molecule has 1 atom stereocenters. The van der Waals surface area contributed by atoms with Gasteiger partial charge in [0.1, 0.15) is 5.69 Å². The normalized spacial score (nSPS) is 19.0. The summed E-state index contributed by atoms with van der Waals surface area (Å²) in [5.74, 6) is -0.636. The lowest BCUT2D eigenvalue weighted by Gasteiger charge is -2.32. The van der Waals surface area contributed by atoms with Crippen LogP contribution in [0.2, 0.25) is 0 Å². The molecule has 134 valence electrons. The number of halogens is 3. The average molecular weight is 346 g/mol. The molecule has 1 fully saturated rings. The summed E-state index contributed by atoms with van der Waals surface area (Å²) < 4.78 is 37.7. The molecule has 9 heteroatoms. The van der Waals surface area contributed by atoms with E-state index in [1.165, 1.54) is 11.9 Å². The third kappa shape index (κ3) is 3.88. The predicted molar refractivity (Wildman–Crippen MR) is 80.1 cm³/mol. The van der Waals surface area contributed by atoms with E-state index in [9.17, 15) is 22.8 Å². The number of aromatic amines is 1. The molecule has 2 rings (SSSR count). The van der Waals surface area contributed by atoms with Crippen LogP contribution >= 0.6 is 0 Å². The first-order valence-electron chi connectivity index (χ1n) is 7.58. The van der Waals surface area contributed by atoms with E-state index in [1.54, 1.807) is 4.90 Å². The number of aromatic nitrogens is 2. The number of amides is 2. The van der Waals surface area contributed by atoms with Gasteiger partial charge in [0.15, 0.2) is 5.69 Å². The van der Waals surface area contributed by atoms with E-state index in [-0.39, 0.29) is 29.6 Å². The molecule has 0 bridgehead atoms. The van der Waals surface area contributed by atoms with Crippen LogP contribution < -0.4 is 0 Å². The van der Waals surface area contributed by atoms with Crippen LogP contribution in [-0.4, -0.2) is 57.5 Å². The highest BCUT2D eigenvalue weighted by molar-refractivity contribution is 5.92. The van der Waals surface area contributed by atoms with Gasteiger partial charge >= 0.3 is 6.18 Å². The maximum Gasteiger partial charge on any atom is 0.432 e. The van der Waals surface area contributed by atoms with Crippen molar-refractivity contribution in [1.29, 1.82) is 0 Å². The Labute approximate surface area is 138 Å². The number of carbonyl (C=O) groups is 2. The third-order valence-corrected chi connectivity index (χ3v) is 4.00. The van der Waals surface area contributed by atoms with Crippen molar-refractivity contribution < 1.29 is 22.8 Å². The maximum atomic E-state index is 12.6. The number of nitrogens with one attached hydrogen (secondary N) is 1. The molecular weight excluding hydrogens is 325 g/mol. The van der Waals surface area contributed by atoms with E-state index in [4.69, 9.17) is 0 Å². The standard InChI is InChI=1S/C15H21F3N4O2/c1-14(2,3)22-8-9(5-12(22)23)7-21(4)13(24)10-6-11(20-19-10)15(16,17)18/h6,9H,5,7-8H2,1-4H3,(H,19,20). The van der Waals surface area contributed by atoms with E-state index in [0.717, 1.165) is 0 Å². The Balaban J connectivity index is 2.00. The minimum absolute atomic E-state index is 0.0208. The first kappa shape index (κ1) is 18.3. The van der Waals surface area contributed by atoms with Crippen LogP contribution in [0.1, 0.15) is 43.4 Å². The fraction of sp³-hybridized carbons (Fsp3) is 0.667. The van der Waals surface area contributed by atoms with Crippen molar-refractivity contribution in [3.05, 3.63) is 17.5 Å². The number of hydrogen-bond donors (Lipinski definition) is 1. The Morgan fingerprint density at radius 3 is 2.50 bits per heavy atom. The summed E-state index contributed by atoms with van der Waals surface area (Å²) in [6.45, 7) is 6.61. The summed E-state index contributed by atoms with van der Waals surface area (Å²) in [6, 6.07) is 0.695. The number of rotatable bonds is 3. The zero-order chi connectivity index (χ0) is 18.3. The second-order valence-corrected chi connectivity index (χ2v) is 7.10. The van der Waals surface area contributed by atoms with E-state index < -0.39 is 17.8 Å². The van der Waals surface area contributed by atoms with Gasteiger partial charge in [0.05, 0.1) is 0 Å². The van der Waals surface area contributed by atoms with Crippen LogP contribution in [0, 0.1) is 5.92 Å². The van der Waals surface area contributed by atoms with Gasteiger partial charge in [-0.15, -0.1) is 0 Å². The zero-order valence-electron chi connectivity index (χ0n) is 14.1. The SMILES string of the molecule is CN(CC1CC(=O)N(C(C)(C)C)C1)C(=O)c1cc(C(F)(F)F)[nH]n1. The Morgan fingerprint density at radius 1 is 1.42 bits per heavy atom. The van der Waals surface area contributed by atoms with Crippen molar-refractivity contribution in [3.8, 4) is 0 Å². The largest absolute Gasteiger partial charge is 0.432 e. The van der Waals surface area contributed by atoms with Gasteiger partial charge in [-0.25, -0.2) is 0 Å². The number of carbonyl (C=O) groups excluding carboxylic acids is 2. The van der Waals surface area contributed by atoms with Crippen molar-refractivity contribution in [1.82, 2.24) is 20.0 Å². The van der Waals surface area contributed by atoms with Gasteiger partial charge < -0.3 is 9.80 Å². The lowest BCUT2D eigenvalue weighted by Crippen LogP contribution is -2.43. The van der Waals surface area contributed by atoms with Gasteiger partial charge in [-0.05, 0) is 20.8 Å². The lowest BCUT2D eigenvalue weighted by atomic mass is 10.1. The van der Waals surface area contributed by atoms with Gasteiger partial charge in [0.25, 0.3) is 5.91 Å². The van der Waals surface area contributed by atoms with Crippen molar-refractivity contribution in [2.75, 3.05) is 20.1 Å². The zero-order valence-corrected chi connectivity index (χ0v) is 14.1. The number of nitrogens with zero attached hydrogens (tertiary/aromatic N) is 3. The van der Waals surface area contributed by atoms with Crippen molar-refractivity contribution >= 4 is 11.8 Å². The molecule has 0 radical (unpaired) electrons. The van der Waals surface area contributed by atoms with Crippen LogP contribution in [0.25, 0.3) is 0 Å². The first-order chi connectivity index (χ1) is 10.9. The highest BCUT2D eigenvalue weighted by Gasteiger charge is 2.38. The predicted octanol–water partition coefficient (Wildman–Crippen LogP) is 2.15. The highest BCUT2D eigenvalue weighted by Crippen LogP contribution is 2.28. The summed E-state index contributed by atoms with van der Waals surface area (Å²) in [4.78, 5) is 27.3. The Morgan fingerprint density at radius 2 is 2.04 bits per heavy atom. The quantitative estimate of drug-likeness (QED) is 0.912. The highest BCUT2D eigenvalue weighted by atomic mass is 19.4. The number of hydrogen-bond acceptors (Lipinski definition) is 3. The summed E-state index contributed by atoms with van der Waals surface area (Å²) >= 11 is 0. The van der Waals surface area contributed by atoms with E-state index in [0.29, 0.717) is 19.0 Å². The van der Waals surface area contributed by atoms with Gasteiger partial charge in [-0.3, -0.25) is 14.7 Å². The summed E-state index contributed by atoms with van der Waals surface area (Å²) in [5, 5.41) is 5.26. The molecule has 2 amide bonds. The van der Waals surface area contributed by atoms with Crippen molar-refractivity contribution in [3.63, 3.8) is 0 Å². The minimum atomic E-state index is -4.57. The fourth-order valence-electron chi connectivity index (χ4n) is 2.79. The van der Waals surface area contributed by atoms with Crippen molar-refractivity contribution in [2.45, 2.75) is 38.9 Å². The molecule has 1 aromatic heterocycles.